The molecule has 0 amide bonds. The van der Waals surface area contributed by atoms with Crippen molar-refractivity contribution < 1.29 is 18.8 Å². The topological polar surface area (TPSA) is 77.0 Å². The van der Waals surface area contributed by atoms with Crippen LogP contribution in [0.2, 0.25) is 9.49 Å². The maximum absolute atomic E-state index is 14.4. The first-order valence-electron chi connectivity index (χ1n) is 10.7. The summed E-state index contributed by atoms with van der Waals surface area (Å²) in [5.41, 5.74) is 2.72. The molecule has 1 aromatic carbocycles. The number of aromatic nitrogens is 2. The molecule has 9 heteroatoms. The Labute approximate surface area is 210 Å². The molecule has 0 N–H and O–H groups in total. The third kappa shape index (κ3) is 5.11. The van der Waals surface area contributed by atoms with Crippen molar-refractivity contribution in [2.45, 2.75) is 45.4 Å². The Kier molecular flexibility index (Phi) is 7.26. The van der Waals surface area contributed by atoms with E-state index < -0.39 is 17.7 Å². The highest BCUT2D eigenvalue weighted by Gasteiger charge is 2.43. The molecule has 0 spiro atoms. The largest absolute Gasteiger partial charge is 0.300 e. The smallest absolute Gasteiger partial charge is 0.183 e. The average Bonchev–Trinajstić information content (AvgIpc) is 3.29. The fraction of sp³-hybridized carbons (Fsp3) is 0.320. The van der Waals surface area contributed by atoms with Crippen LogP contribution in [0.1, 0.15) is 46.7 Å². The number of hydrogen-bond acceptors (Lipinski definition) is 6. The van der Waals surface area contributed by atoms with Gasteiger partial charge >= 0.3 is 0 Å². The van der Waals surface area contributed by atoms with Gasteiger partial charge in [-0.3, -0.25) is 19.4 Å². The highest BCUT2D eigenvalue weighted by atomic mass is 35.5. The van der Waals surface area contributed by atoms with Gasteiger partial charge in [0.25, 0.3) is 0 Å². The molecule has 0 bridgehead atoms. The second-order valence-electron chi connectivity index (χ2n) is 8.53. The Bertz CT molecular complexity index is 1280. The number of aryl methyl sites for hydroxylation is 3. The van der Waals surface area contributed by atoms with Crippen molar-refractivity contribution in [3.8, 4) is 11.3 Å². The van der Waals surface area contributed by atoms with E-state index in [0.29, 0.717) is 33.1 Å². The van der Waals surface area contributed by atoms with Gasteiger partial charge in [-0.05, 0) is 55.2 Å². The van der Waals surface area contributed by atoms with Crippen molar-refractivity contribution in [3.05, 3.63) is 67.5 Å². The third-order valence-electron chi connectivity index (χ3n) is 6.07. The van der Waals surface area contributed by atoms with Crippen LogP contribution < -0.4 is 0 Å². The molecule has 0 aliphatic heterocycles. The van der Waals surface area contributed by atoms with Gasteiger partial charge in [0.05, 0.1) is 5.02 Å². The van der Waals surface area contributed by atoms with Crippen LogP contribution in [0.5, 0.6) is 0 Å². The fourth-order valence-corrected chi connectivity index (χ4v) is 5.69. The molecule has 176 valence electrons. The number of halogens is 3. The molecular formula is C25H21Cl2FN2O3S. The van der Waals surface area contributed by atoms with E-state index in [-0.39, 0.29) is 47.3 Å². The summed E-state index contributed by atoms with van der Waals surface area (Å²) in [7, 11) is 0. The molecule has 2 unspecified atom stereocenters. The molecule has 34 heavy (non-hydrogen) atoms. The molecule has 1 saturated carbocycles. The first-order valence-corrected chi connectivity index (χ1v) is 12.3. The van der Waals surface area contributed by atoms with Gasteiger partial charge in [0.1, 0.15) is 23.2 Å². The first kappa shape index (κ1) is 24.6. The minimum atomic E-state index is -0.907. The monoisotopic (exact) mass is 518 g/mol. The Morgan fingerprint density at radius 1 is 1.12 bits per heavy atom. The highest BCUT2D eigenvalue weighted by Crippen LogP contribution is 2.39. The Hall–Kier alpha value is -2.48. The highest BCUT2D eigenvalue weighted by molar-refractivity contribution is 7.15. The minimum Gasteiger partial charge on any atom is -0.300 e. The summed E-state index contributed by atoms with van der Waals surface area (Å²) in [6, 6.07) is 4.64. The zero-order valence-corrected chi connectivity index (χ0v) is 20.9. The number of rotatable bonds is 7. The quantitative estimate of drug-likeness (QED) is 0.353. The lowest BCUT2D eigenvalue weighted by atomic mass is 9.85. The van der Waals surface area contributed by atoms with E-state index in [9.17, 15) is 18.8 Å². The van der Waals surface area contributed by atoms with Crippen molar-refractivity contribution in [2.75, 3.05) is 0 Å². The Balaban J connectivity index is 1.51. The van der Waals surface area contributed by atoms with Crippen LogP contribution in [0.25, 0.3) is 11.3 Å². The molecule has 1 fully saturated rings. The molecule has 4 rings (SSSR count). The maximum atomic E-state index is 14.4. The number of benzene rings is 1. The summed E-state index contributed by atoms with van der Waals surface area (Å²) >= 11 is 12.9. The van der Waals surface area contributed by atoms with E-state index in [2.05, 4.69) is 9.97 Å². The maximum Gasteiger partial charge on any atom is 0.183 e. The Morgan fingerprint density at radius 2 is 1.82 bits per heavy atom. The van der Waals surface area contributed by atoms with Crippen LogP contribution in [0.4, 0.5) is 4.39 Å². The van der Waals surface area contributed by atoms with Crippen molar-refractivity contribution >= 4 is 51.9 Å². The number of pyridine rings is 1. The zero-order chi connectivity index (χ0) is 24.6. The summed E-state index contributed by atoms with van der Waals surface area (Å²) in [4.78, 5) is 47.5. The molecule has 2 aromatic heterocycles. The molecule has 5 nitrogen and oxygen atoms in total. The third-order valence-corrected chi connectivity index (χ3v) is 7.45. The zero-order valence-electron chi connectivity index (χ0n) is 18.5. The minimum absolute atomic E-state index is 0.0453. The van der Waals surface area contributed by atoms with Crippen LogP contribution in [0.15, 0.2) is 30.6 Å². The number of Topliss-reactive ketones (excluding diaryl/α,β-unsaturated/α-hetero) is 3. The SMILES string of the molecule is Cc1cc(-c2ncc(Cl)cc2F)cc(C)c1C1C(=O)CC(CC(=O)CCc2cnc(Cl)s2)C1=O. The van der Waals surface area contributed by atoms with Gasteiger partial charge in [-0.15, -0.1) is 11.3 Å². The van der Waals surface area contributed by atoms with Gasteiger partial charge in [-0.2, -0.15) is 0 Å². The van der Waals surface area contributed by atoms with E-state index in [1.54, 1.807) is 32.2 Å². The summed E-state index contributed by atoms with van der Waals surface area (Å²) in [5.74, 6) is -2.56. The molecular weight excluding hydrogens is 498 g/mol. The molecule has 0 saturated heterocycles. The number of thiazole rings is 1. The standard InChI is InChI=1S/C25H21Cl2FN2O3S/c1-12-5-14(23-19(28)9-16(26)10-29-23)6-13(2)21(12)22-20(32)8-15(24(22)33)7-17(31)3-4-18-11-30-25(27)34-18/h5-6,9-11,15,22H,3-4,7-8H2,1-2H3. The van der Waals surface area contributed by atoms with Gasteiger partial charge in [0, 0.05) is 48.0 Å². The second-order valence-corrected chi connectivity index (χ2v) is 10.7. The number of nitrogens with zero attached hydrogens (tertiary/aromatic N) is 2. The van der Waals surface area contributed by atoms with Gasteiger partial charge in [-0.25, -0.2) is 9.37 Å². The van der Waals surface area contributed by atoms with Crippen LogP contribution in [0.3, 0.4) is 0 Å². The normalized spacial score (nSPS) is 18.0. The van der Waals surface area contributed by atoms with Gasteiger partial charge in [0.2, 0.25) is 0 Å². The van der Waals surface area contributed by atoms with E-state index in [1.165, 1.54) is 23.6 Å². The van der Waals surface area contributed by atoms with E-state index in [0.717, 1.165) is 4.88 Å². The fourth-order valence-electron chi connectivity index (χ4n) is 4.56. The summed E-state index contributed by atoms with van der Waals surface area (Å²) in [6.07, 6.45) is 3.89. The van der Waals surface area contributed by atoms with Crippen LogP contribution >= 0.6 is 34.5 Å². The summed E-state index contributed by atoms with van der Waals surface area (Å²) in [5, 5.41) is 0.199. The molecule has 1 aliphatic rings. The number of hydrogen-bond donors (Lipinski definition) is 0. The molecule has 1 aliphatic carbocycles. The predicted molar refractivity (Wildman–Crippen MR) is 130 cm³/mol. The van der Waals surface area contributed by atoms with Crippen molar-refractivity contribution in [1.82, 2.24) is 9.97 Å². The number of carbonyl (C=O) groups is 3. The van der Waals surface area contributed by atoms with Crippen molar-refractivity contribution in [3.63, 3.8) is 0 Å². The van der Waals surface area contributed by atoms with Crippen LogP contribution in [-0.4, -0.2) is 27.3 Å². The lowest BCUT2D eigenvalue weighted by Crippen LogP contribution is -2.19. The lowest BCUT2D eigenvalue weighted by Gasteiger charge is -2.17. The van der Waals surface area contributed by atoms with Crippen LogP contribution in [0, 0.1) is 25.6 Å². The van der Waals surface area contributed by atoms with E-state index >= 15 is 0 Å². The molecule has 2 atom stereocenters. The number of ketones is 3. The van der Waals surface area contributed by atoms with Gasteiger partial charge in [0.15, 0.2) is 16.1 Å². The molecule has 3 aromatic rings. The van der Waals surface area contributed by atoms with E-state index in [1.807, 2.05) is 0 Å². The van der Waals surface area contributed by atoms with Gasteiger partial charge in [-0.1, -0.05) is 23.2 Å². The summed E-state index contributed by atoms with van der Waals surface area (Å²) < 4.78 is 14.8. The number of carbonyl (C=O) groups excluding carboxylic acids is 3. The second kappa shape index (κ2) is 10.0. The predicted octanol–water partition coefficient (Wildman–Crippen LogP) is 6.10. The molecule has 0 radical (unpaired) electrons. The Morgan fingerprint density at radius 3 is 2.44 bits per heavy atom. The summed E-state index contributed by atoms with van der Waals surface area (Å²) in [6.45, 7) is 3.58. The molecule has 2 heterocycles. The van der Waals surface area contributed by atoms with Crippen LogP contribution in [-0.2, 0) is 20.8 Å². The average molecular weight is 519 g/mol. The first-order chi connectivity index (χ1) is 16.1. The van der Waals surface area contributed by atoms with Crippen molar-refractivity contribution in [2.24, 2.45) is 5.92 Å². The van der Waals surface area contributed by atoms with Gasteiger partial charge < -0.3 is 0 Å². The van der Waals surface area contributed by atoms with E-state index in [4.69, 9.17) is 23.2 Å². The lowest BCUT2D eigenvalue weighted by molar-refractivity contribution is -0.127. The van der Waals surface area contributed by atoms with Crippen molar-refractivity contribution in [1.29, 1.82) is 0 Å².